The van der Waals surface area contributed by atoms with Crippen LogP contribution >= 0.6 is 11.6 Å². The van der Waals surface area contributed by atoms with Crippen LogP contribution < -0.4 is 0 Å². The lowest BCUT2D eigenvalue weighted by Crippen LogP contribution is -2.16. The Kier molecular flexibility index (Phi) is 14.7. The predicted octanol–water partition coefficient (Wildman–Crippen LogP) is 7.52. The Balaban J connectivity index is 2.06. The van der Waals surface area contributed by atoms with Crippen molar-refractivity contribution in [2.45, 2.75) is 116 Å². The third-order valence-corrected chi connectivity index (χ3v) is 5.73. The molecule has 2 unspecified atom stereocenters. The molecular weight excluding hydrogens is 360 g/mol. The normalized spacial score (nSPS) is 19.2. The number of rotatable bonds is 16. The van der Waals surface area contributed by atoms with E-state index in [0.29, 0.717) is 18.2 Å². The summed E-state index contributed by atoms with van der Waals surface area (Å²) in [5.41, 5.74) is 0. The summed E-state index contributed by atoms with van der Waals surface area (Å²) in [5, 5.41) is 0. The zero-order valence-electron chi connectivity index (χ0n) is 17.6. The van der Waals surface area contributed by atoms with Crippen molar-refractivity contribution in [3.8, 4) is 0 Å². The number of unbranched alkanes of at least 4 members (excludes halogenated alkanes) is 9. The van der Waals surface area contributed by atoms with Gasteiger partial charge < -0.3 is 9.47 Å². The maximum absolute atomic E-state index is 11.6. The Labute approximate surface area is 172 Å². The molecule has 3 nitrogen and oxygen atoms in total. The lowest BCUT2D eigenvalue weighted by molar-refractivity contribution is -0.138. The molecule has 27 heavy (non-hydrogen) atoms. The number of ether oxygens (including phenoxy) is 2. The first-order valence-corrected chi connectivity index (χ1v) is 11.8. The number of halogens is 1. The highest BCUT2D eigenvalue weighted by Crippen LogP contribution is 2.30. The smallest absolute Gasteiger partial charge is 0.310 e. The number of allylic oxidation sites excluding steroid dienone is 1. The molecule has 1 rings (SSSR count). The van der Waals surface area contributed by atoms with E-state index in [0.717, 1.165) is 31.4 Å². The van der Waals surface area contributed by atoms with Gasteiger partial charge in [0.1, 0.15) is 18.1 Å². The van der Waals surface area contributed by atoms with Crippen molar-refractivity contribution >= 4 is 17.6 Å². The van der Waals surface area contributed by atoms with Crippen LogP contribution in [0.1, 0.15) is 110 Å². The first-order chi connectivity index (χ1) is 13.2. The van der Waals surface area contributed by atoms with Gasteiger partial charge in [-0.1, -0.05) is 71.6 Å². The molecule has 1 aliphatic rings. The lowest BCUT2D eigenvalue weighted by atomic mass is 9.95. The average molecular weight is 401 g/mol. The van der Waals surface area contributed by atoms with E-state index in [9.17, 15) is 4.79 Å². The second-order valence-electron chi connectivity index (χ2n) is 8.01. The van der Waals surface area contributed by atoms with E-state index in [2.05, 4.69) is 13.8 Å². The second kappa shape index (κ2) is 16.3. The maximum atomic E-state index is 11.6. The Morgan fingerprint density at radius 2 is 1.78 bits per heavy atom. The van der Waals surface area contributed by atoms with Gasteiger partial charge >= 0.3 is 5.97 Å². The lowest BCUT2D eigenvalue weighted by Gasteiger charge is -2.18. The topological polar surface area (TPSA) is 35.5 Å². The van der Waals surface area contributed by atoms with Crippen LogP contribution in [-0.4, -0.2) is 18.0 Å². The summed E-state index contributed by atoms with van der Waals surface area (Å²) in [4.78, 5) is 11.6. The summed E-state index contributed by atoms with van der Waals surface area (Å²) in [6, 6.07) is 0. The van der Waals surface area contributed by atoms with Crippen molar-refractivity contribution in [2.24, 2.45) is 5.92 Å². The number of carbonyl (C=O) groups excluding carboxylic acids is 1. The van der Waals surface area contributed by atoms with Crippen LogP contribution in [0.5, 0.6) is 0 Å². The SMILES string of the molecule is CCCCCCCCCCCC(C)C1CCC(=COC(=O)CCCCCl)O1. The van der Waals surface area contributed by atoms with Gasteiger partial charge in [-0.2, -0.15) is 0 Å². The number of hydrogen-bond donors (Lipinski definition) is 0. The van der Waals surface area contributed by atoms with Gasteiger partial charge in [0.05, 0.1) is 0 Å². The number of esters is 1. The van der Waals surface area contributed by atoms with Crippen LogP contribution in [0.15, 0.2) is 12.0 Å². The highest BCUT2D eigenvalue weighted by Gasteiger charge is 2.26. The van der Waals surface area contributed by atoms with Gasteiger partial charge in [-0.3, -0.25) is 4.79 Å². The third-order valence-electron chi connectivity index (χ3n) is 5.46. The van der Waals surface area contributed by atoms with Crippen molar-refractivity contribution in [1.29, 1.82) is 0 Å². The summed E-state index contributed by atoms with van der Waals surface area (Å²) in [6.45, 7) is 4.56. The molecule has 4 heteroatoms. The monoisotopic (exact) mass is 400 g/mol. The van der Waals surface area contributed by atoms with E-state index in [1.807, 2.05) is 0 Å². The van der Waals surface area contributed by atoms with Crippen molar-refractivity contribution in [3.05, 3.63) is 12.0 Å². The molecule has 0 aliphatic carbocycles. The van der Waals surface area contributed by atoms with Crippen molar-refractivity contribution < 1.29 is 14.3 Å². The summed E-state index contributed by atoms with van der Waals surface area (Å²) in [6.07, 6.45) is 19.3. The molecule has 0 bridgehead atoms. The summed E-state index contributed by atoms with van der Waals surface area (Å²) in [5.74, 6) is 1.79. The van der Waals surface area contributed by atoms with Gasteiger partial charge in [0, 0.05) is 18.7 Å². The molecule has 0 aromatic heterocycles. The Morgan fingerprint density at radius 3 is 2.44 bits per heavy atom. The van der Waals surface area contributed by atoms with Gasteiger partial charge in [0.15, 0.2) is 0 Å². The Morgan fingerprint density at radius 1 is 1.11 bits per heavy atom. The fraction of sp³-hybridized carbons (Fsp3) is 0.870. The van der Waals surface area contributed by atoms with Crippen molar-refractivity contribution in [2.75, 3.05) is 5.88 Å². The molecule has 158 valence electrons. The predicted molar refractivity (Wildman–Crippen MR) is 114 cm³/mol. The zero-order chi connectivity index (χ0) is 19.7. The fourth-order valence-electron chi connectivity index (χ4n) is 3.60. The largest absolute Gasteiger partial charge is 0.491 e. The molecule has 0 radical (unpaired) electrons. The molecule has 0 N–H and O–H groups in total. The molecule has 2 atom stereocenters. The van der Waals surface area contributed by atoms with Crippen LogP contribution in [0.2, 0.25) is 0 Å². The first kappa shape index (κ1) is 24.3. The van der Waals surface area contributed by atoms with Gasteiger partial charge in [-0.15, -0.1) is 11.6 Å². The van der Waals surface area contributed by atoms with Crippen LogP contribution in [0, 0.1) is 5.92 Å². The van der Waals surface area contributed by atoms with Gasteiger partial charge in [-0.05, 0) is 31.6 Å². The quantitative estimate of drug-likeness (QED) is 0.116. The van der Waals surface area contributed by atoms with E-state index in [4.69, 9.17) is 21.1 Å². The minimum absolute atomic E-state index is 0.192. The molecule has 1 saturated heterocycles. The minimum Gasteiger partial charge on any atom is -0.491 e. The summed E-state index contributed by atoms with van der Waals surface area (Å²) < 4.78 is 11.2. The van der Waals surface area contributed by atoms with Crippen LogP contribution in [0.4, 0.5) is 0 Å². The van der Waals surface area contributed by atoms with Crippen LogP contribution in [0.3, 0.4) is 0 Å². The van der Waals surface area contributed by atoms with Crippen LogP contribution in [-0.2, 0) is 14.3 Å². The summed E-state index contributed by atoms with van der Waals surface area (Å²) in [7, 11) is 0. The molecule has 0 aromatic rings. The molecule has 0 spiro atoms. The first-order valence-electron chi connectivity index (χ1n) is 11.3. The molecular formula is C23H41ClO3. The van der Waals surface area contributed by atoms with Crippen LogP contribution in [0.25, 0.3) is 0 Å². The van der Waals surface area contributed by atoms with Crippen molar-refractivity contribution in [3.63, 3.8) is 0 Å². The highest BCUT2D eigenvalue weighted by molar-refractivity contribution is 6.17. The maximum Gasteiger partial charge on any atom is 0.310 e. The summed E-state index contributed by atoms with van der Waals surface area (Å²) >= 11 is 5.61. The molecule has 0 amide bonds. The van der Waals surface area contributed by atoms with E-state index in [1.165, 1.54) is 70.5 Å². The molecule has 1 heterocycles. The Hall–Kier alpha value is -0.700. The highest BCUT2D eigenvalue weighted by atomic mass is 35.5. The molecule has 1 aliphatic heterocycles. The fourth-order valence-corrected chi connectivity index (χ4v) is 3.79. The third kappa shape index (κ3) is 12.4. The molecule has 0 aromatic carbocycles. The number of carbonyl (C=O) groups is 1. The minimum atomic E-state index is -0.192. The van der Waals surface area contributed by atoms with Gasteiger partial charge in [-0.25, -0.2) is 0 Å². The van der Waals surface area contributed by atoms with E-state index < -0.39 is 0 Å². The van der Waals surface area contributed by atoms with E-state index >= 15 is 0 Å². The molecule has 1 fully saturated rings. The van der Waals surface area contributed by atoms with E-state index in [-0.39, 0.29) is 12.1 Å². The van der Waals surface area contributed by atoms with Crippen molar-refractivity contribution in [1.82, 2.24) is 0 Å². The number of hydrogen-bond acceptors (Lipinski definition) is 3. The Bertz CT molecular complexity index is 408. The zero-order valence-corrected chi connectivity index (χ0v) is 18.4. The second-order valence-corrected chi connectivity index (χ2v) is 8.39. The molecule has 0 saturated carbocycles. The standard InChI is InChI=1S/C23H41ClO3/c1-3-4-5-6-7-8-9-10-11-14-20(2)22-17-16-21(27-22)19-26-23(25)15-12-13-18-24/h19-20,22H,3-18H2,1-2H3. The van der Waals surface area contributed by atoms with Gasteiger partial charge in [0.25, 0.3) is 0 Å². The van der Waals surface area contributed by atoms with E-state index in [1.54, 1.807) is 0 Å². The number of alkyl halides is 1. The van der Waals surface area contributed by atoms with Gasteiger partial charge in [0.2, 0.25) is 0 Å². The average Bonchev–Trinajstić information content (AvgIpc) is 3.14.